The first-order valence-corrected chi connectivity index (χ1v) is 9.11. The number of hydrogen-bond acceptors (Lipinski definition) is 3. The highest BCUT2D eigenvalue weighted by Gasteiger charge is 2.13. The number of nitrogens with one attached hydrogen (secondary N) is 2. The fourth-order valence-electron chi connectivity index (χ4n) is 2.71. The van der Waals surface area contributed by atoms with E-state index in [1.807, 2.05) is 18.2 Å². The van der Waals surface area contributed by atoms with Crippen LogP contribution in [0.4, 0.5) is 10.1 Å². The Hall–Kier alpha value is -4.03. The standard InChI is InChI=1S/C24H19FN2O3/c25-20-13-11-19(12-14-20)22(24(29)26-21-4-2-1-3-5-21)16-18-8-6-17(7-9-18)10-15-23(28)27-30/h1-16,30H,(H,26,29)(H,27,28)/b15-10+,22-16?. The Bertz CT molecular complexity index is 1070. The number of benzene rings is 3. The van der Waals surface area contributed by atoms with Crippen molar-refractivity contribution in [2.24, 2.45) is 0 Å². The third-order valence-electron chi connectivity index (χ3n) is 4.22. The summed E-state index contributed by atoms with van der Waals surface area (Å²) in [5.74, 6) is -1.34. The van der Waals surface area contributed by atoms with Crippen LogP contribution in [0.3, 0.4) is 0 Å². The van der Waals surface area contributed by atoms with E-state index in [0.717, 1.165) is 11.1 Å². The third kappa shape index (κ3) is 5.73. The van der Waals surface area contributed by atoms with Crippen LogP contribution in [0.2, 0.25) is 0 Å². The molecule has 5 nitrogen and oxygen atoms in total. The first kappa shape index (κ1) is 20.7. The van der Waals surface area contributed by atoms with E-state index in [0.29, 0.717) is 16.8 Å². The zero-order valence-electron chi connectivity index (χ0n) is 15.9. The maximum atomic E-state index is 13.4. The van der Waals surface area contributed by atoms with Crippen LogP contribution >= 0.6 is 0 Å². The van der Waals surface area contributed by atoms with Crippen molar-refractivity contribution >= 4 is 35.2 Å². The molecule has 0 radical (unpaired) electrons. The van der Waals surface area contributed by atoms with E-state index < -0.39 is 5.91 Å². The molecule has 0 fully saturated rings. The number of anilines is 1. The summed E-state index contributed by atoms with van der Waals surface area (Å²) in [6.45, 7) is 0. The molecule has 150 valence electrons. The van der Waals surface area contributed by atoms with Gasteiger partial charge in [0.1, 0.15) is 5.82 Å². The highest BCUT2D eigenvalue weighted by Crippen LogP contribution is 2.22. The van der Waals surface area contributed by atoms with E-state index in [2.05, 4.69) is 5.32 Å². The molecular formula is C24H19FN2O3. The Morgan fingerprint density at radius 3 is 2.10 bits per heavy atom. The van der Waals surface area contributed by atoms with Gasteiger partial charge in [-0.2, -0.15) is 0 Å². The van der Waals surface area contributed by atoms with Gasteiger partial charge >= 0.3 is 0 Å². The Kier molecular flexibility index (Phi) is 6.87. The van der Waals surface area contributed by atoms with Gasteiger partial charge in [-0.3, -0.25) is 14.8 Å². The minimum Gasteiger partial charge on any atom is -0.322 e. The van der Waals surface area contributed by atoms with Gasteiger partial charge in [0, 0.05) is 17.3 Å². The van der Waals surface area contributed by atoms with E-state index in [4.69, 9.17) is 5.21 Å². The van der Waals surface area contributed by atoms with Crippen LogP contribution in [0.25, 0.3) is 17.7 Å². The largest absolute Gasteiger partial charge is 0.322 e. The SMILES string of the molecule is O=C(/C=C/c1ccc(C=C(C(=O)Nc2ccccc2)c2ccc(F)cc2)cc1)NO. The van der Waals surface area contributed by atoms with E-state index in [9.17, 15) is 14.0 Å². The van der Waals surface area contributed by atoms with Gasteiger partial charge in [0.15, 0.2) is 0 Å². The van der Waals surface area contributed by atoms with Crippen LogP contribution in [0.5, 0.6) is 0 Å². The summed E-state index contributed by atoms with van der Waals surface area (Å²) in [5, 5.41) is 11.4. The maximum Gasteiger partial charge on any atom is 0.267 e. The molecule has 0 aliphatic carbocycles. The van der Waals surface area contributed by atoms with Crippen molar-refractivity contribution < 1.29 is 19.2 Å². The molecule has 0 aliphatic heterocycles. The van der Waals surface area contributed by atoms with Crippen molar-refractivity contribution in [1.29, 1.82) is 0 Å². The van der Waals surface area contributed by atoms with Crippen molar-refractivity contribution in [2.75, 3.05) is 5.32 Å². The van der Waals surface area contributed by atoms with E-state index in [1.165, 1.54) is 23.7 Å². The normalized spacial score (nSPS) is 11.3. The van der Waals surface area contributed by atoms with Crippen molar-refractivity contribution in [1.82, 2.24) is 5.48 Å². The van der Waals surface area contributed by atoms with E-state index in [-0.39, 0.29) is 11.7 Å². The Morgan fingerprint density at radius 1 is 0.833 bits per heavy atom. The summed E-state index contributed by atoms with van der Waals surface area (Å²) in [5.41, 5.74) is 4.62. The first-order chi connectivity index (χ1) is 14.5. The fraction of sp³-hybridized carbons (Fsp3) is 0. The van der Waals surface area contributed by atoms with Gasteiger partial charge in [0.05, 0.1) is 0 Å². The molecule has 0 spiro atoms. The molecule has 0 saturated carbocycles. The molecule has 3 rings (SSSR count). The third-order valence-corrected chi connectivity index (χ3v) is 4.22. The van der Waals surface area contributed by atoms with E-state index in [1.54, 1.807) is 60.7 Å². The molecule has 2 amide bonds. The van der Waals surface area contributed by atoms with Gasteiger partial charge < -0.3 is 5.32 Å². The van der Waals surface area contributed by atoms with Crippen LogP contribution in [-0.4, -0.2) is 17.0 Å². The number of carbonyl (C=O) groups excluding carboxylic acids is 2. The second kappa shape index (κ2) is 9.95. The van der Waals surface area contributed by atoms with Gasteiger partial charge in [-0.25, -0.2) is 9.87 Å². The topological polar surface area (TPSA) is 78.4 Å². The second-order valence-corrected chi connectivity index (χ2v) is 6.36. The number of hydrogen-bond donors (Lipinski definition) is 3. The van der Waals surface area contributed by atoms with Gasteiger partial charge in [-0.1, -0.05) is 54.6 Å². The fourth-order valence-corrected chi connectivity index (χ4v) is 2.71. The number of rotatable bonds is 6. The number of amides is 2. The molecule has 6 heteroatoms. The lowest BCUT2D eigenvalue weighted by Gasteiger charge is -2.10. The number of hydroxylamine groups is 1. The summed E-state index contributed by atoms with van der Waals surface area (Å²) >= 11 is 0. The molecule has 3 aromatic rings. The lowest BCUT2D eigenvalue weighted by atomic mass is 10.0. The van der Waals surface area contributed by atoms with Gasteiger partial charge in [-0.05, 0) is 53.1 Å². The minimum absolute atomic E-state index is 0.323. The van der Waals surface area contributed by atoms with Gasteiger partial charge in [-0.15, -0.1) is 0 Å². The summed E-state index contributed by atoms with van der Waals surface area (Å²) in [4.78, 5) is 24.0. The van der Waals surface area contributed by atoms with Crippen molar-refractivity contribution in [3.05, 3.63) is 107 Å². The predicted molar refractivity (Wildman–Crippen MR) is 115 cm³/mol. The lowest BCUT2D eigenvalue weighted by molar-refractivity contribution is -0.124. The van der Waals surface area contributed by atoms with Crippen molar-refractivity contribution in [2.45, 2.75) is 0 Å². The lowest BCUT2D eigenvalue weighted by Crippen LogP contribution is -2.14. The molecule has 3 aromatic carbocycles. The zero-order valence-corrected chi connectivity index (χ0v) is 15.9. The zero-order chi connectivity index (χ0) is 21.3. The summed E-state index contributed by atoms with van der Waals surface area (Å²) in [6.07, 6.45) is 4.45. The molecule has 0 saturated heterocycles. The number of para-hydroxylation sites is 1. The molecule has 0 bridgehead atoms. The Balaban J connectivity index is 1.90. The van der Waals surface area contributed by atoms with Crippen LogP contribution < -0.4 is 10.8 Å². The number of carbonyl (C=O) groups is 2. The average molecular weight is 402 g/mol. The summed E-state index contributed by atoms with van der Waals surface area (Å²) in [7, 11) is 0. The smallest absolute Gasteiger partial charge is 0.267 e. The first-order valence-electron chi connectivity index (χ1n) is 9.11. The number of halogens is 1. The Morgan fingerprint density at radius 2 is 1.47 bits per heavy atom. The van der Waals surface area contributed by atoms with Gasteiger partial charge in [0.25, 0.3) is 11.8 Å². The van der Waals surface area contributed by atoms with Crippen LogP contribution in [0.15, 0.2) is 84.9 Å². The van der Waals surface area contributed by atoms with Crippen molar-refractivity contribution in [3.63, 3.8) is 0 Å². The molecule has 0 aromatic heterocycles. The molecular weight excluding hydrogens is 383 g/mol. The summed E-state index contributed by atoms with van der Waals surface area (Å²) < 4.78 is 13.4. The quantitative estimate of drug-likeness (QED) is 0.245. The van der Waals surface area contributed by atoms with Crippen LogP contribution in [-0.2, 0) is 9.59 Å². The molecule has 3 N–H and O–H groups in total. The molecule has 0 unspecified atom stereocenters. The van der Waals surface area contributed by atoms with Gasteiger partial charge in [0.2, 0.25) is 0 Å². The predicted octanol–water partition coefficient (Wildman–Crippen LogP) is 4.52. The van der Waals surface area contributed by atoms with Crippen LogP contribution in [0, 0.1) is 5.82 Å². The van der Waals surface area contributed by atoms with Crippen molar-refractivity contribution in [3.8, 4) is 0 Å². The summed E-state index contributed by atoms with van der Waals surface area (Å²) in [6, 6.07) is 21.9. The monoisotopic (exact) mass is 402 g/mol. The molecule has 30 heavy (non-hydrogen) atoms. The molecule has 0 atom stereocenters. The van der Waals surface area contributed by atoms with Crippen LogP contribution in [0.1, 0.15) is 16.7 Å². The highest BCUT2D eigenvalue weighted by molar-refractivity contribution is 6.29. The van der Waals surface area contributed by atoms with E-state index >= 15 is 0 Å². The highest BCUT2D eigenvalue weighted by atomic mass is 19.1. The average Bonchev–Trinajstić information content (AvgIpc) is 2.78. The maximum absolute atomic E-state index is 13.4. The second-order valence-electron chi connectivity index (χ2n) is 6.36. The molecule has 0 heterocycles. The minimum atomic E-state index is -0.629. The Labute approximate surface area is 173 Å². The molecule has 0 aliphatic rings.